The molecule has 2 aromatic rings. The zero-order chi connectivity index (χ0) is 15.2. The van der Waals surface area contributed by atoms with Crippen LogP contribution in [0.3, 0.4) is 0 Å². The minimum atomic E-state index is -0.720. The van der Waals surface area contributed by atoms with Crippen LogP contribution in [0.25, 0.3) is 0 Å². The van der Waals surface area contributed by atoms with E-state index in [1.54, 1.807) is 0 Å². The third-order valence-corrected chi connectivity index (χ3v) is 4.60. The molecule has 0 aromatic heterocycles. The summed E-state index contributed by atoms with van der Waals surface area (Å²) in [6.07, 6.45) is 0.244. The lowest BCUT2D eigenvalue weighted by Gasteiger charge is -2.22. The van der Waals surface area contributed by atoms with Crippen molar-refractivity contribution in [3.63, 3.8) is 0 Å². The van der Waals surface area contributed by atoms with Crippen molar-refractivity contribution in [2.45, 2.75) is 18.4 Å². The highest BCUT2D eigenvalue weighted by Gasteiger charge is 2.54. The van der Waals surface area contributed by atoms with Crippen LogP contribution < -0.4 is 10.2 Å². The molecule has 2 amide bonds. The van der Waals surface area contributed by atoms with Crippen molar-refractivity contribution >= 4 is 17.5 Å². The van der Waals surface area contributed by atoms with Gasteiger partial charge in [0.15, 0.2) is 0 Å². The largest absolute Gasteiger partial charge is 0.355 e. The van der Waals surface area contributed by atoms with E-state index in [1.807, 2.05) is 59.5 Å². The number of carbonyl (C=O) groups excluding carboxylic acids is 2. The maximum atomic E-state index is 13.1. The van der Waals surface area contributed by atoms with E-state index in [-0.39, 0.29) is 18.2 Å². The number of hydrogen-bond acceptors (Lipinski definition) is 2. The van der Waals surface area contributed by atoms with E-state index in [9.17, 15) is 9.59 Å². The molecule has 1 unspecified atom stereocenters. The summed E-state index contributed by atoms with van der Waals surface area (Å²) in [7, 11) is 0. The third kappa shape index (κ3) is 1.77. The van der Waals surface area contributed by atoms with Gasteiger partial charge in [0.05, 0.1) is 6.54 Å². The van der Waals surface area contributed by atoms with Crippen molar-refractivity contribution in [3.8, 4) is 0 Å². The van der Waals surface area contributed by atoms with Crippen LogP contribution in [0.15, 0.2) is 54.6 Å². The Kier molecular flexibility index (Phi) is 2.79. The number of benzene rings is 2. The van der Waals surface area contributed by atoms with Crippen LogP contribution in [0.1, 0.15) is 17.5 Å². The molecule has 4 rings (SSSR count). The molecule has 2 aliphatic rings. The Balaban J connectivity index is 1.78. The Morgan fingerprint density at radius 2 is 1.73 bits per heavy atom. The average Bonchev–Trinajstić information content (AvgIpc) is 3.04. The Hall–Kier alpha value is -2.62. The van der Waals surface area contributed by atoms with Crippen LogP contribution in [0.5, 0.6) is 0 Å². The highest BCUT2D eigenvalue weighted by atomic mass is 16.2. The first kappa shape index (κ1) is 13.1. The normalized spacial score (nSPS) is 23.0. The molecule has 0 saturated carbocycles. The molecular weight excluding hydrogens is 276 g/mol. The van der Waals surface area contributed by atoms with Gasteiger partial charge in [-0.2, -0.15) is 0 Å². The maximum Gasteiger partial charge on any atom is 0.240 e. The van der Waals surface area contributed by atoms with Crippen molar-refractivity contribution in [2.24, 2.45) is 0 Å². The minimum Gasteiger partial charge on any atom is -0.355 e. The molecule has 2 aromatic carbocycles. The second-order valence-corrected chi connectivity index (χ2v) is 5.93. The van der Waals surface area contributed by atoms with Crippen molar-refractivity contribution < 1.29 is 9.59 Å². The predicted octanol–water partition coefficient (Wildman–Crippen LogP) is 1.99. The molecule has 1 saturated heterocycles. The average molecular weight is 292 g/mol. The smallest absolute Gasteiger partial charge is 0.240 e. The summed E-state index contributed by atoms with van der Waals surface area (Å²) in [4.78, 5) is 26.6. The number of nitrogens with zero attached hydrogens (tertiary/aromatic N) is 1. The Morgan fingerprint density at radius 1 is 1.00 bits per heavy atom. The van der Waals surface area contributed by atoms with Gasteiger partial charge in [0.25, 0.3) is 0 Å². The molecule has 2 aliphatic heterocycles. The summed E-state index contributed by atoms with van der Waals surface area (Å²) in [5.74, 6) is -0.0272. The highest BCUT2D eigenvalue weighted by Crippen LogP contribution is 2.46. The number of hydrogen-bond donors (Lipinski definition) is 1. The molecule has 22 heavy (non-hydrogen) atoms. The first-order valence-electron chi connectivity index (χ1n) is 7.43. The molecule has 1 fully saturated rings. The lowest BCUT2D eigenvalue weighted by atomic mass is 9.81. The van der Waals surface area contributed by atoms with E-state index in [4.69, 9.17) is 0 Å². The summed E-state index contributed by atoms with van der Waals surface area (Å²) in [5.41, 5.74) is 2.25. The molecule has 4 heteroatoms. The summed E-state index contributed by atoms with van der Waals surface area (Å²) in [6, 6.07) is 17.7. The quantitative estimate of drug-likeness (QED) is 0.920. The van der Waals surface area contributed by atoms with Crippen LogP contribution in [0.2, 0.25) is 0 Å². The van der Waals surface area contributed by atoms with Crippen LogP contribution in [-0.4, -0.2) is 18.4 Å². The Morgan fingerprint density at radius 3 is 2.45 bits per heavy atom. The monoisotopic (exact) mass is 292 g/mol. The predicted molar refractivity (Wildman–Crippen MR) is 83.4 cm³/mol. The topological polar surface area (TPSA) is 49.4 Å². The fourth-order valence-corrected chi connectivity index (χ4v) is 3.51. The van der Waals surface area contributed by atoms with Gasteiger partial charge in [-0.05, 0) is 17.2 Å². The van der Waals surface area contributed by atoms with Gasteiger partial charge in [-0.25, -0.2) is 0 Å². The van der Waals surface area contributed by atoms with Crippen molar-refractivity contribution in [1.82, 2.24) is 5.32 Å². The Labute approximate surface area is 128 Å². The number of nitrogens with one attached hydrogen (secondary N) is 1. The minimum absolute atomic E-state index is 0.0240. The van der Waals surface area contributed by atoms with Gasteiger partial charge in [0.2, 0.25) is 11.8 Å². The zero-order valence-corrected chi connectivity index (χ0v) is 12.1. The van der Waals surface area contributed by atoms with Gasteiger partial charge in [-0.1, -0.05) is 48.5 Å². The molecule has 0 radical (unpaired) electrons. The molecule has 110 valence electrons. The summed E-state index contributed by atoms with van der Waals surface area (Å²) in [5, 5.41) is 2.82. The first-order valence-corrected chi connectivity index (χ1v) is 7.43. The van der Waals surface area contributed by atoms with E-state index < -0.39 is 5.41 Å². The fourth-order valence-electron chi connectivity index (χ4n) is 3.51. The van der Waals surface area contributed by atoms with Gasteiger partial charge >= 0.3 is 0 Å². The molecule has 0 bridgehead atoms. The van der Waals surface area contributed by atoms with Gasteiger partial charge in [0, 0.05) is 18.7 Å². The van der Waals surface area contributed by atoms with Crippen LogP contribution in [0.4, 0.5) is 5.69 Å². The van der Waals surface area contributed by atoms with Gasteiger partial charge in [-0.3, -0.25) is 9.59 Å². The van der Waals surface area contributed by atoms with Crippen LogP contribution in [-0.2, 0) is 21.5 Å². The Bertz CT molecular complexity index is 757. The summed E-state index contributed by atoms with van der Waals surface area (Å²) in [6.45, 7) is 0.930. The van der Waals surface area contributed by atoms with Crippen molar-refractivity contribution in [1.29, 1.82) is 0 Å². The van der Waals surface area contributed by atoms with Crippen LogP contribution >= 0.6 is 0 Å². The molecule has 4 nitrogen and oxygen atoms in total. The van der Waals surface area contributed by atoms with Crippen molar-refractivity contribution in [3.05, 3.63) is 65.7 Å². The number of para-hydroxylation sites is 1. The first-order chi connectivity index (χ1) is 10.7. The van der Waals surface area contributed by atoms with Crippen molar-refractivity contribution in [2.75, 3.05) is 11.4 Å². The SMILES string of the molecule is O=C1CC2(CN1)C(=O)N(Cc1ccccc1)c1ccccc12. The lowest BCUT2D eigenvalue weighted by Crippen LogP contribution is -2.41. The van der Waals surface area contributed by atoms with E-state index in [1.165, 1.54) is 0 Å². The zero-order valence-electron chi connectivity index (χ0n) is 12.1. The summed E-state index contributed by atoms with van der Waals surface area (Å²) >= 11 is 0. The highest BCUT2D eigenvalue weighted by molar-refractivity contribution is 6.11. The van der Waals surface area contributed by atoms with Crippen LogP contribution in [0, 0.1) is 0 Å². The number of amides is 2. The molecule has 1 spiro atoms. The van der Waals surface area contributed by atoms with E-state index in [2.05, 4.69) is 5.32 Å². The molecular formula is C18H16N2O2. The molecule has 2 heterocycles. The fraction of sp³-hybridized carbons (Fsp3) is 0.222. The standard InChI is InChI=1S/C18H16N2O2/c21-16-10-18(12-19-16)14-8-4-5-9-15(14)20(17(18)22)11-13-6-2-1-3-7-13/h1-9H,10-12H2,(H,19,21). The number of carbonyl (C=O) groups is 2. The lowest BCUT2D eigenvalue weighted by molar-refractivity contribution is -0.125. The second-order valence-electron chi connectivity index (χ2n) is 5.93. The van der Waals surface area contributed by atoms with Gasteiger partial charge in [-0.15, -0.1) is 0 Å². The van der Waals surface area contributed by atoms with Gasteiger partial charge < -0.3 is 10.2 Å². The molecule has 1 N–H and O–H groups in total. The van der Waals surface area contributed by atoms with Gasteiger partial charge in [0.1, 0.15) is 5.41 Å². The number of anilines is 1. The third-order valence-electron chi connectivity index (χ3n) is 4.60. The second kappa shape index (κ2) is 4.70. The van der Waals surface area contributed by atoms with E-state index >= 15 is 0 Å². The number of fused-ring (bicyclic) bond motifs is 2. The van der Waals surface area contributed by atoms with E-state index in [0.29, 0.717) is 13.1 Å². The van der Waals surface area contributed by atoms with E-state index in [0.717, 1.165) is 16.8 Å². The maximum absolute atomic E-state index is 13.1. The molecule has 1 atom stereocenters. The number of rotatable bonds is 2. The molecule has 0 aliphatic carbocycles. The summed E-state index contributed by atoms with van der Waals surface area (Å²) < 4.78 is 0.